The van der Waals surface area contributed by atoms with Crippen LogP contribution in [0.5, 0.6) is 0 Å². The van der Waals surface area contributed by atoms with Crippen LogP contribution in [-0.2, 0) is 12.8 Å². The van der Waals surface area contributed by atoms with Gasteiger partial charge < -0.3 is 5.32 Å². The van der Waals surface area contributed by atoms with E-state index in [9.17, 15) is 5.26 Å². The highest BCUT2D eigenvalue weighted by atomic mass is 35.5. The van der Waals surface area contributed by atoms with Crippen LogP contribution in [0.25, 0.3) is 0 Å². The minimum atomic E-state index is 0.376. The Kier molecular flexibility index (Phi) is 5.00. The highest BCUT2D eigenvalue weighted by Gasteiger charge is 2.16. The molecule has 1 aromatic heterocycles. The molecule has 0 atom stereocenters. The molecule has 4 nitrogen and oxygen atoms in total. The smallest absolute Gasteiger partial charge is 0.171 e. The van der Waals surface area contributed by atoms with Crippen molar-refractivity contribution in [3.8, 4) is 6.07 Å². The molecular weight excluding hydrogens is 307 g/mol. The van der Waals surface area contributed by atoms with Crippen molar-refractivity contribution < 1.29 is 0 Å². The monoisotopic (exact) mass is 320 g/mol. The number of rotatable bonds is 4. The van der Waals surface area contributed by atoms with Gasteiger partial charge in [-0.25, -0.2) is 0 Å². The normalized spacial score (nSPS) is 10.2. The second-order valence-corrected chi connectivity index (χ2v) is 5.20. The molecule has 0 bridgehead atoms. The molecule has 1 aromatic carbocycles. The number of nitrogens with one attached hydrogen (secondary N) is 1. The van der Waals surface area contributed by atoms with Gasteiger partial charge in [0.25, 0.3) is 0 Å². The van der Waals surface area contributed by atoms with Gasteiger partial charge in [0.15, 0.2) is 5.82 Å². The van der Waals surface area contributed by atoms with E-state index in [0.29, 0.717) is 33.5 Å². The summed E-state index contributed by atoms with van der Waals surface area (Å²) in [6.45, 7) is 3.98. The lowest BCUT2D eigenvalue weighted by Crippen LogP contribution is -2.07. The molecule has 0 fully saturated rings. The highest BCUT2D eigenvalue weighted by molar-refractivity contribution is 6.39. The molecule has 0 unspecified atom stereocenters. The molecule has 0 radical (unpaired) electrons. The van der Waals surface area contributed by atoms with Gasteiger partial charge in [0, 0.05) is 0 Å². The van der Waals surface area contributed by atoms with Crippen molar-refractivity contribution in [1.82, 2.24) is 10.2 Å². The van der Waals surface area contributed by atoms with Crippen molar-refractivity contribution in [2.45, 2.75) is 26.7 Å². The molecule has 2 aromatic rings. The van der Waals surface area contributed by atoms with E-state index in [1.54, 1.807) is 18.2 Å². The summed E-state index contributed by atoms with van der Waals surface area (Å²) in [6.07, 6.45) is 1.45. The summed E-state index contributed by atoms with van der Waals surface area (Å²) in [7, 11) is 0. The van der Waals surface area contributed by atoms with Crippen molar-refractivity contribution in [3.05, 3.63) is 45.1 Å². The number of anilines is 2. The van der Waals surface area contributed by atoms with Gasteiger partial charge in [-0.3, -0.25) is 0 Å². The average Bonchev–Trinajstić information content (AvgIpc) is 2.50. The average molecular weight is 321 g/mol. The number of halogens is 2. The van der Waals surface area contributed by atoms with Gasteiger partial charge >= 0.3 is 0 Å². The Bertz CT molecular complexity index is 687. The number of aromatic nitrogens is 2. The van der Waals surface area contributed by atoms with Crippen LogP contribution in [0.15, 0.2) is 18.2 Å². The number of benzene rings is 1. The minimum absolute atomic E-state index is 0.376. The Balaban J connectivity index is 2.53. The topological polar surface area (TPSA) is 61.6 Å². The lowest BCUT2D eigenvalue weighted by Gasteiger charge is -2.13. The van der Waals surface area contributed by atoms with Crippen molar-refractivity contribution >= 4 is 34.7 Å². The van der Waals surface area contributed by atoms with Gasteiger partial charge in [0.05, 0.1) is 21.4 Å². The highest BCUT2D eigenvalue weighted by Crippen LogP contribution is 2.33. The maximum absolute atomic E-state index is 9.44. The summed E-state index contributed by atoms with van der Waals surface area (Å²) in [5.74, 6) is 0.376. The minimum Gasteiger partial charge on any atom is -0.335 e. The van der Waals surface area contributed by atoms with Crippen LogP contribution in [0.4, 0.5) is 11.5 Å². The molecular formula is C15H14Cl2N4. The van der Waals surface area contributed by atoms with Gasteiger partial charge in [-0.2, -0.15) is 10.4 Å². The first-order valence-corrected chi connectivity index (χ1v) is 7.37. The molecule has 0 amide bonds. The quantitative estimate of drug-likeness (QED) is 0.899. The van der Waals surface area contributed by atoms with E-state index in [2.05, 4.69) is 21.6 Å². The zero-order valence-electron chi connectivity index (χ0n) is 11.7. The van der Waals surface area contributed by atoms with Crippen molar-refractivity contribution in [3.63, 3.8) is 0 Å². The molecule has 0 spiro atoms. The maximum atomic E-state index is 9.44. The summed E-state index contributed by atoms with van der Waals surface area (Å²) in [6, 6.07) is 7.39. The van der Waals surface area contributed by atoms with Gasteiger partial charge in [-0.05, 0) is 30.5 Å². The van der Waals surface area contributed by atoms with Crippen LogP contribution in [0.3, 0.4) is 0 Å². The van der Waals surface area contributed by atoms with Crippen LogP contribution in [0.1, 0.15) is 30.7 Å². The Hall–Kier alpha value is -1.83. The van der Waals surface area contributed by atoms with Crippen molar-refractivity contribution in [1.29, 1.82) is 5.26 Å². The van der Waals surface area contributed by atoms with Gasteiger partial charge in [0.1, 0.15) is 11.6 Å². The number of aryl methyl sites for hydroxylation is 1. The summed E-state index contributed by atoms with van der Waals surface area (Å²) < 4.78 is 0. The molecule has 0 saturated heterocycles. The van der Waals surface area contributed by atoms with E-state index in [1.807, 2.05) is 13.8 Å². The summed E-state index contributed by atoms with van der Waals surface area (Å²) in [4.78, 5) is 0. The van der Waals surface area contributed by atoms with Gasteiger partial charge in [0.2, 0.25) is 0 Å². The summed E-state index contributed by atoms with van der Waals surface area (Å²) in [5, 5.41) is 21.7. The second-order valence-electron chi connectivity index (χ2n) is 4.39. The maximum Gasteiger partial charge on any atom is 0.171 e. The Morgan fingerprint density at radius 3 is 2.33 bits per heavy atom. The molecule has 0 aliphatic rings. The fourth-order valence-electron chi connectivity index (χ4n) is 2.12. The number of nitrogens with zero attached hydrogens (tertiary/aromatic N) is 3. The van der Waals surface area contributed by atoms with Crippen LogP contribution in [0.2, 0.25) is 10.0 Å². The standard InChI is InChI=1S/C15H14Cl2N4/c1-3-9-10(8-18)15(21-20-13(9)4-2)19-14-11(16)6-5-7-12(14)17/h5-7H,3-4H2,1-2H3,(H,19,21). The van der Waals surface area contributed by atoms with Crippen LogP contribution in [0, 0.1) is 11.3 Å². The van der Waals surface area contributed by atoms with E-state index < -0.39 is 0 Å². The molecule has 2 rings (SSSR count). The van der Waals surface area contributed by atoms with E-state index in [4.69, 9.17) is 23.2 Å². The second kappa shape index (κ2) is 6.75. The van der Waals surface area contributed by atoms with Crippen molar-refractivity contribution in [2.24, 2.45) is 0 Å². The third-order valence-electron chi connectivity index (χ3n) is 3.16. The largest absolute Gasteiger partial charge is 0.335 e. The zero-order chi connectivity index (χ0) is 15.4. The van der Waals surface area contributed by atoms with Crippen molar-refractivity contribution in [2.75, 3.05) is 5.32 Å². The lowest BCUT2D eigenvalue weighted by atomic mass is 10.0. The van der Waals surface area contributed by atoms with E-state index in [-0.39, 0.29) is 0 Å². The Morgan fingerprint density at radius 2 is 1.81 bits per heavy atom. The Labute approximate surface area is 133 Å². The SMILES string of the molecule is CCc1nnc(Nc2c(Cl)cccc2Cl)c(C#N)c1CC. The van der Waals surface area contributed by atoms with Crippen LogP contribution < -0.4 is 5.32 Å². The fourth-order valence-corrected chi connectivity index (χ4v) is 2.61. The van der Waals surface area contributed by atoms with Gasteiger partial charge in [-0.15, -0.1) is 5.10 Å². The first kappa shape index (κ1) is 15.6. The molecule has 0 aliphatic heterocycles. The Morgan fingerprint density at radius 1 is 1.14 bits per heavy atom. The van der Waals surface area contributed by atoms with E-state index >= 15 is 0 Å². The van der Waals surface area contributed by atoms with Crippen LogP contribution >= 0.6 is 23.2 Å². The molecule has 6 heteroatoms. The molecule has 1 heterocycles. The number of hydrogen-bond donors (Lipinski definition) is 1. The third kappa shape index (κ3) is 3.10. The fraction of sp³-hybridized carbons (Fsp3) is 0.267. The first-order chi connectivity index (χ1) is 10.1. The zero-order valence-corrected chi connectivity index (χ0v) is 13.3. The molecule has 0 saturated carbocycles. The molecule has 0 aliphatic carbocycles. The molecule has 1 N–H and O–H groups in total. The molecule has 21 heavy (non-hydrogen) atoms. The predicted octanol–water partition coefficient (Wildman–Crippen LogP) is 4.52. The predicted molar refractivity (Wildman–Crippen MR) is 85.2 cm³/mol. The van der Waals surface area contributed by atoms with E-state index in [0.717, 1.165) is 17.7 Å². The van der Waals surface area contributed by atoms with Crippen LogP contribution in [-0.4, -0.2) is 10.2 Å². The number of hydrogen-bond acceptors (Lipinski definition) is 4. The first-order valence-electron chi connectivity index (χ1n) is 6.61. The summed E-state index contributed by atoms with van der Waals surface area (Å²) in [5.41, 5.74) is 2.75. The number of nitriles is 1. The van der Waals surface area contributed by atoms with Gasteiger partial charge in [-0.1, -0.05) is 43.1 Å². The van der Waals surface area contributed by atoms with E-state index in [1.165, 1.54) is 0 Å². The lowest BCUT2D eigenvalue weighted by molar-refractivity contribution is 0.877. The molecule has 108 valence electrons. The summed E-state index contributed by atoms with van der Waals surface area (Å²) >= 11 is 12.3. The number of para-hydroxylation sites is 1. The third-order valence-corrected chi connectivity index (χ3v) is 3.79.